The molecule has 2 aromatic heterocycles. The predicted molar refractivity (Wildman–Crippen MR) is 98.1 cm³/mol. The number of carbonyl (C=O) groups is 2. The lowest BCUT2D eigenvalue weighted by Crippen LogP contribution is -2.42. The van der Waals surface area contributed by atoms with E-state index in [1.165, 1.54) is 16.9 Å². The molecule has 1 aliphatic carbocycles. The molecular weight excluding hydrogens is 334 g/mol. The Balaban J connectivity index is 1.66. The molecule has 3 heterocycles. The lowest BCUT2D eigenvalue weighted by Gasteiger charge is -2.31. The number of primary amides is 1. The first-order valence-electron chi connectivity index (χ1n) is 9.01. The summed E-state index contributed by atoms with van der Waals surface area (Å²) in [4.78, 5) is 28.0. The normalized spacial score (nSPS) is 18.2. The van der Waals surface area contributed by atoms with Crippen LogP contribution in [0.2, 0.25) is 0 Å². The highest BCUT2D eigenvalue weighted by Crippen LogP contribution is 2.38. The van der Waals surface area contributed by atoms with E-state index in [4.69, 9.17) is 5.73 Å². The number of aryl methyl sites for hydroxylation is 1. The van der Waals surface area contributed by atoms with Crippen LogP contribution in [0.25, 0.3) is 5.00 Å². The van der Waals surface area contributed by atoms with Gasteiger partial charge in [0, 0.05) is 36.3 Å². The molecule has 0 spiro atoms. The second-order valence-electron chi connectivity index (χ2n) is 6.95. The number of thiophene rings is 1. The van der Waals surface area contributed by atoms with E-state index < -0.39 is 0 Å². The molecule has 1 fully saturated rings. The van der Waals surface area contributed by atoms with Gasteiger partial charge in [0.25, 0.3) is 5.91 Å². The van der Waals surface area contributed by atoms with Gasteiger partial charge >= 0.3 is 0 Å². The summed E-state index contributed by atoms with van der Waals surface area (Å²) in [6.07, 6.45) is 9.78. The molecule has 1 aliphatic heterocycles. The van der Waals surface area contributed by atoms with Crippen LogP contribution in [0.1, 0.15) is 46.5 Å². The monoisotopic (exact) mass is 357 g/mol. The van der Waals surface area contributed by atoms with Crippen LogP contribution >= 0.6 is 11.3 Å². The molecule has 2 aliphatic rings. The molecule has 0 unspecified atom stereocenters. The number of hydrogen-bond donors (Lipinski definition) is 1. The molecule has 2 amide bonds. The molecule has 0 aromatic carbocycles. The van der Waals surface area contributed by atoms with Gasteiger partial charge in [0.2, 0.25) is 5.91 Å². The summed E-state index contributed by atoms with van der Waals surface area (Å²) in [5.74, 6) is -0.219. The number of nitrogens with zero attached hydrogens (tertiary/aromatic N) is 2. The third-order valence-corrected chi connectivity index (χ3v) is 6.70. The zero-order valence-electron chi connectivity index (χ0n) is 14.2. The van der Waals surface area contributed by atoms with Crippen molar-refractivity contribution in [2.24, 2.45) is 11.7 Å². The fourth-order valence-corrected chi connectivity index (χ4v) is 5.30. The van der Waals surface area contributed by atoms with Crippen molar-refractivity contribution in [1.82, 2.24) is 9.47 Å². The van der Waals surface area contributed by atoms with Gasteiger partial charge in [0.1, 0.15) is 5.00 Å². The number of carbonyl (C=O) groups excluding carboxylic acids is 2. The number of likely N-dealkylation sites (tertiary alicyclic amines) is 1. The summed E-state index contributed by atoms with van der Waals surface area (Å²) < 4.78 is 2.06. The highest BCUT2D eigenvalue weighted by Gasteiger charge is 2.32. The van der Waals surface area contributed by atoms with Gasteiger partial charge in [-0.3, -0.25) is 9.59 Å². The van der Waals surface area contributed by atoms with E-state index in [1.54, 1.807) is 11.3 Å². The summed E-state index contributed by atoms with van der Waals surface area (Å²) in [5.41, 5.74) is 7.55. The van der Waals surface area contributed by atoms with Crippen LogP contribution in [0.15, 0.2) is 24.5 Å². The Labute approximate surface area is 151 Å². The van der Waals surface area contributed by atoms with Crippen LogP contribution in [0.4, 0.5) is 0 Å². The lowest BCUT2D eigenvalue weighted by atomic mass is 9.93. The second-order valence-corrected chi connectivity index (χ2v) is 8.03. The minimum atomic E-state index is -0.243. The zero-order chi connectivity index (χ0) is 17.4. The molecule has 0 atom stereocenters. The zero-order valence-corrected chi connectivity index (χ0v) is 15.1. The molecule has 132 valence electrons. The molecule has 2 aromatic rings. The van der Waals surface area contributed by atoms with Crippen molar-refractivity contribution in [3.63, 3.8) is 0 Å². The van der Waals surface area contributed by atoms with E-state index in [1.807, 2.05) is 29.4 Å². The topological polar surface area (TPSA) is 68.3 Å². The summed E-state index contributed by atoms with van der Waals surface area (Å²) in [6, 6.07) is 3.98. The van der Waals surface area contributed by atoms with Gasteiger partial charge in [-0.05, 0) is 56.2 Å². The molecule has 25 heavy (non-hydrogen) atoms. The van der Waals surface area contributed by atoms with Crippen molar-refractivity contribution < 1.29 is 9.59 Å². The Kier molecular flexibility index (Phi) is 4.37. The lowest BCUT2D eigenvalue weighted by molar-refractivity contribution is -0.123. The molecule has 1 saturated heterocycles. The van der Waals surface area contributed by atoms with Crippen molar-refractivity contribution in [1.29, 1.82) is 0 Å². The van der Waals surface area contributed by atoms with E-state index in [2.05, 4.69) is 4.57 Å². The molecule has 0 saturated carbocycles. The molecule has 6 heteroatoms. The van der Waals surface area contributed by atoms with Crippen LogP contribution in [-0.4, -0.2) is 34.4 Å². The first-order chi connectivity index (χ1) is 12.1. The summed E-state index contributed by atoms with van der Waals surface area (Å²) in [7, 11) is 0. The van der Waals surface area contributed by atoms with Gasteiger partial charge in [0.15, 0.2) is 0 Å². The standard InChI is InChI=1S/C19H23N3O2S/c20-17(23)13-7-11-21(12-8-13)18(24)16-14-5-1-2-6-15(14)25-19(16)22-9-3-4-10-22/h3-4,9-10,13H,1-2,5-8,11-12H2,(H2,20,23). The van der Waals surface area contributed by atoms with Crippen molar-refractivity contribution in [3.8, 4) is 5.00 Å². The van der Waals surface area contributed by atoms with E-state index in [-0.39, 0.29) is 17.7 Å². The number of fused-ring (bicyclic) bond motifs is 1. The molecular formula is C19H23N3O2S. The fraction of sp³-hybridized carbons (Fsp3) is 0.474. The molecule has 2 N–H and O–H groups in total. The third-order valence-electron chi connectivity index (χ3n) is 5.39. The number of nitrogens with two attached hydrogens (primary N) is 1. The smallest absolute Gasteiger partial charge is 0.257 e. The maximum absolute atomic E-state index is 13.3. The van der Waals surface area contributed by atoms with E-state index in [9.17, 15) is 9.59 Å². The van der Waals surface area contributed by atoms with Crippen LogP contribution in [0.3, 0.4) is 0 Å². The third kappa shape index (κ3) is 2.99. The Morgan fingerprint density at radius 1 is 1.08 bits per heavy atom. The number of hydrogen-bond acceptors (Lipinski definition) is 3. The quantitative estimate of drug-likeness (QED) is 0.918. The molecule has 0 radical (unpaired) electrons. The largest absolute Gasteiger partial charge is 0.369 e. The maximum atomic E-state index is 13.3. The second kappa shape index (κ2) is 6.67. The van der Waals surface area contributed by atoms with E-state index in [0.717, 1.165) is 29.8 Å². The molecule has 4 rings (SSSR count). The number of aromatic nitrogens is 1. The summed E-state index contributed by atoms with van der Waals surface area (Å²) in [5, 5.41) is 1.04. The van der Waals surface area contributed by atoms with Gasteiger partial charge in [-0.15, -0.1) is 11.3 Å². The number of rotatable bonds is 3. The van der Waals surface area contributed by atoms with E-state index >= 15 is 0 Å². The summed E-state index contributed by atoms with van der Waals surface area (Å²) >= 11 is 1.76. The SMILES string of the molecule is NC(=O)C1CCN(C(=O)c2c(-n3cccc3)sc3c2CCCC3)CC1. The van der Waals surface area contributed by atoms with Crippen LogP contribution in [0, 0.1) is 5.92 Å². The van der Waals surface area contributed by atoms with Crippen LogP contribution in [0.5, 0.6) is 0 Å². The fourth-order valence-electron chi connectivity index (χ4n) is 3.95. The summed E-state index contributed by atoms with van der Waals surface area (Å²) in [6.45, 7) is 1.23. The van der Waals surface area contributed by atoms with Crippen LogP contribution < -0.4 is 5.73 Å². The average molecular weight is 357 g/mol. The Morgan fingerprint density at radius 3 is 2.44 bits per heavy atom. The van der Waals surface area contributed by atoms with Gasteiger partial charge < -0.3 is 15.2 Å². The van der Waals surface area contributed by atoms with Crippen molar-refractivity contribution in [3.05, 3.63) is 40.5 Å². The van der Waals surface area contributed by atoms with Gasteiger partial charge in [-0.1, -0.05) is 0 Å². The maximum Gasteiger partial charge on any atom is 0.257 e. The average Bonchev–Trinajstić information content (AvgIpc) is 3.28. The van der Waals surface area contributed by atoms with Crippen molar-refractivity contribution >= 4 is 23.2 Å². The highest BCUT2D eigenvalue weighted by atomic mass is 32.1. The number of amides is 2. The van der Waals surface area contributed by atoms with Crippen LogP contribution in [-0.2, 0) is 17.6 Å². The minimum absolute atomic E-state index is 0.0932. The van der Waals surface area contributed by atoms with Gasteiger partial charge in [-0.2, -0.15) is 0 Å². The predicted octanol–water partition coefficient (Wildman–Crippen LogP) is 2.76. The van der Waals surface area contributed by atoms with Gasteiger partial charge in [0.05, 0.1) is 5.56 Å². The molecule has 0 bridgehead atoms. The minimum Gasteiger partial charge on any atom is -0.369 e. The van der Waals surface area contributed by atoms with Crippen molar-refractivity contribution in [2.45, 2.75) is 38.5 Å². The Bertz CT molecular complexity index is 786. The Hall–Kier alpha value is -2.08. The van der Waals surface area contributed by atoms with Gasteiger partial charge in [-0.25, -0.2) is 0 Å². The van der Waals surface area contributed by atoms with E-state index in [0.29, 0.717) is 25.9 Å². The molecule has 5 nitrogen and oxygen atoms in total. The first-order valence-corrected chi connectivity index (χ1v) is 9.83. The Morgan fingerprint density at radius 2 is 1.76 bits per heavy atom. The first kappa shape index (κ1) is 16.4. The highest BCUT2D eigenvalue weighted by molar-refractivity contribution is 7.15. The van der Waals surface area contributed by atoms with Crippen molar-refractivity contribution in [2.75, 3.05) is 13.1 Å². The number of piperidine rings is 1.